The van der Waals surface area contributed by atoms with Gasteiger partial charge < -0.3 is 9.47 Å². The lowest BCUT2D eigenvalue weighted by molar-refractivity contribution is -0.615. The van der Waals surface area contributed by atoms with Crippen LogP contribution in [0.3, 0.4) is 0 Å². The maximum Gasteiger partial charge on any atom is 0.423 e. The fraction of sp³-hybridized carbons (Fsp3) is 0.312. The van der Waals surface area contributed by atoms with E-state index in [0.29, 0.717) is 11.7 Å². The molecule has 0 aliphatic heterocycles. The number of methoxy groups -OCH3 is 2. The molecule has 0 spiro atoms. The molecule has 2 aromatic heterocycles. The van der Waals surface area contributed by atoms with Gasteiger partial charge in [0.25, 0.3) is 5.16 Å². The van der Waals surface area contributed by atoms with Crippen LogP contribution >= 0.6 is 11.8 Å². The number of hydrogen-bond donors (Lipinski definition) is 1. The largest absolute Gasteiger partial charge is 0.493 e. The normalized spacial score (nSPS) is 11.0. The Morgan fingerprint density at radius 2 is 1.78 bits per heavy atom. The summed E-state index contributed by atoms with van der Waals surface area (Å²) in [6.45, 7) is 4.10. The van der Waals surface area contributed by atoms with Gasteiger partial charge in [0.15, 0.2) is 11.5 Å². The van der Waals surface area contributed by atoms with Crippen LogP contribution in [-0.4, -0.2) is 35.7 Å². The summed E-state index contributed by atoms with van der Waals surface area (Å²) >= 11 is 1.51. The van der Waals surface area contributed by atoms with Crippen molar-refractivity contribution in [1.82, 2.24) is 15.2 Å². The molecule has 120 valence electrons. The minimum atomic E-state index is 0.709. The Bertz CT molecular complexity index is 876. The van der Waals surface area contributed by atoms with Gasteiger partial charge in [0.05, 0.1) is 25.6 Å². The Balaban J connectivity index is 2.27. The molecular formula is C16H19N4O2S+. The van der Waals surface area contributed by atoms with Crippen molar-refractivity contribution in [2.24, 2.45) is 0 Å². The first-order valence-electron chi connectivity index (χ1n) is 7.13. The summed E-state index contributed by atoms with van der Waals surface area (Å²) in [6.07, 6.45) is 1.95. The Morgan fingerprint density at radius 3 is 2.39 bits per heavy atom. The van der Waals surface area contributed by atoms with Crippen LogP contribution in [0.15, 0.2) is 23.4 Å². The molecular weight excluding hydrogens is 312 g/mol. The Kier molecular flexibility index (Phi) is 4.12. The number of aromatic amines is 1. The number of aromatic nitrogens is 4. The van der Waals surface area contributed by atoms with E-state index in [1.165, 1.54) is 11.8 Å². The number of rotatable bonds is 4. The Morgan fingerprint density at radius 1 is 1.09 bits per heavy atom. The van der Waals surface area contributed by atoms with Gasteiger partial charge in [0.1, 0.15) is 0 Å². The summed E-state index contributed by atoms with van der Waals surface area (Å²) in [7, 11) is 3.29. The summed E-state index contributed by atoms with van der Waals surface area (Å²) < 4.78 is 12.9. The van der Waals surface area contributed by atoms with E-state index < -0.39 is 0 Å². The van der Waals surface area contributed by atoms with Gasteiger partial charge in [-0.1, -0.05) is 16.9 Å². The number of ether oxygens (including phenoxy) is 2. The predicted octanol–water partition coefficient (Wildman–Crippen LogP) is 2.59. The van der Waals surface area contributed by atoms with E-state index in [4.69, 9.17) is 9.47 Å². The highest BCUT2D eigenvalue weighted by atomic mass is 32.2. The monoisotopic (exact) mass is 331 g/mol. The number of nitrogens with zero attached hydrogens (tertiary/aromatic N) is 3. The molecule has 1 aromatic carbocycles. The van der Waals surface area contributed by atoms with E-state index in [-0.39, 0.29) is 0 Å². The van der Waals surface area contributed by atoms with Gasteiger partial charge >= 0.3 is 5.95 Å². The van der Waals surface area contributed by atoms with Gasteiger partial charge in [-0.2, -0.15) is 0 Å². The molecule has 3 aromatic rings. The van der Waals surface area contributed by atoms with Crippen molar-refractivity contribution in [3.05, 3.63) is 29.6 Å². The van der Waals surface area contributed by atoms with Gasteiger partial charge in [-0.25, -0.2) is 4.57 Å². The quantitative estimate of drug-likeness (QED) is 0.588. The highest BCUT2D eigenvalue weighted by Gasteiger charge is 2.20. The number of nitrogens with one attached hydrogen (secondary N) is 1. The number of aryl methyl sites for hydroxylation is 2. The van der Waals surface area contributed by atoms with Crippen molar-refractivity contribution >= 4 is 22.5 Å². The first-order chi connectivity index (χ1) is 11.1. The van der Waals surface area contributed by atoms with Crippen molar-refractivity contribution in [3.63, 3.8) is 0 Å². The maximum absolute atomic E-state index is 5.42. The number of pyridine rings is 1. The third kappa shape index (κ3) is 2.61. The average Bonchev–Trinajstić information content (AvgIpc) is 3.02. The lowest BCUT2D eigenvalue weighted by Crippen LogP contribution is -2.39. The van der Waals surface area contributed by atoms with Crippen molar-refractivity contribution in [2.75, 3.05) is 20.5 Å². The highest BCUT2D eigenvalue weighted by molar-refractivity contribution is 7.98. The minimum absolute atomic E-state index is 0.709. The standard InChI is InChI=1S/C16H19N4O2S/c1-9-6-11-7-13(21-3)14(22-4)8-12(11)10(2)20(9)15-17-16(23-5)19-18-15/h6-8H,1-5H3,(H,17,18,19)/q+1. The zero-order valence-corrected chi connectivity index (χ0v) is 14.6. The molecule has 7 heteroatoms. The zero-order valence-electron chi connectivity index (χ0n) is 13.8. The number of fused-ring (bicyclic) bond motifs is 1. The third-order valence-corrected chi connectivity index (χ3v) is 4.39. The lowest BCUT2D eigenvalue weighted by atomic mass is 10.1. The molecule has 2 heterocycles. The molecule has 0 amide bonds. The van der Waals surface area contributed by atoms with Crippen LogP contribution in [0.25, 0.3) is 16.7 Å². The van der Waals surface area contributed by atoms with E-state index >= 15 is 0 Å². The van der Waals surface area contributed by atoms with E-state index in [2.05, 4.69) is 32.7 Å². The smallest absolute Gasteiger partial charge is 0.423 e. The number of thioether (sulfide) groups is 1. The van der Waals surface area contributed by atoms with Gasteiger partial charge in [-0.15, -0.1) is 5.10 Å². The molecule has 0 bridgehead atoms. The molecule has 1 N–H and O–H groups in total. The fourth-order valence-electron chi connectivity index (χ4n) is 2.76. The van der Waals surface area contributed by atoms with Crippen LogP contribution in [0.2, 0.25) is 0 Å². The summed E-state index contributed by atoms with van der Waals surface area (Å²) in [5, 5.41) is 10.1. The second-order valence-electron chi connectivity index (χ2n) is 5.15. The third-order valence-electron chi connectivity index (χ3n) is 3.85. The van der Waals surface area contributed by atoms with E-state index in [1.807, 2.05) is 25.3 Å². The summed E-state index contributed by atoms with van der Waals surface area (Å²) in [4.78, 5) is 4.51. The van der Waals surface area contributed by atoms with Crippen molar-refractivity contribution in [2.45, 2.75) is 19.0 Å². The zero-order chi connectivity index (χ0) is 16.6. The molecule has 0 unspecified atom stereocenters. The molecule has 6 nitrogen and oxygen atoms in total. The van der Waals surface area contributed by atoms with Gasteiger partial charge in [-0.3, -0.25) is 0 Å². The number of hydrogen-bond acceptors (Lipinski definition) is 5. The molecule has 23 heavy (non-hydrogen) atoms. The fourth-order valence-corrected chi connectivity index (χ4v) is 3.07. The second-order valence-corrected chi connectivity index (χ2v) is 5.92. The summed E-state index contributed by atoms with van der Waals surface area (Å²) in [5.41, 5.74) is 2.12. The van der Waals surface area contributed by atoms with E-state index in [0.717, 1.165) is 33.1 Å². The van der Waals surface area contributed by atoms with Crippen molar-refractivity contribution in [1.29, 1.82) is 0 Å². The molecule has 0 saturated carbocycles. The molecule has 0 aliphatic carbocycles. The van der Waals surface area contributed by atoms with Crippen LogP contribution in [0, 0.1) is 13.8 Å². The molecule has 3 rings (SSSR count). The Hall–Kier alpha value is -2.28. The topological polar surface area (TPSA) is 63.9 Å². The van der Waals surface area contributed by atoms with Gasteiger partial charge in [0, 0.05) is 5.39 Å². The summed E-state index contributed by atoms with van der Waals surface area (Å²) in [6, 6.07) is 6.09. The molecule has 0 radical (unpaired) electrons. The van der Waals surface area contributed by atoms with Gasteiger partial charge in [0.2, 0.25) is 0 Å². The number of H-pyrrole nitrogens is 1. The van der Waals surface area contributed by atoms with Crippen LogP contribution < -0.4 is 14.0 Å². The SMILES string of the molecule is COc1cc2cc(C)[n+](-c3nc(SC)n[nH]3)c(C)c2cc1OC. The van der Waals surface area contributed by atoms with Crippen LogP contribution in [0.4, 0.5) is 0 Å². The first-order valence-corrected chi connectivity index (χ1v) is 8.36. The first kappa shape index (κ1) is 15.6. The molecule has 0 atom stereocenters. The molecule has 0 fully saturated rings. The predicted molar refractivity (Wildman–Crippen MR) is 89.8 cm³/mol. The summed E-state index contributed by atoms with van der Waals surface area (Å²) in [5.74, 6) is 2.14. The lowest BCUT2D eigenvalue weighted by Gasteiger charge is -2.13. The highest BCUT2D eigenvalue weighted by Crippen LogP contribution is 2.33. The second kappa shape index (κ2) is 6.08. The molecule has 0 aliphatic rings. The molecule has 0 saturated heterocycles. The minimum Gasteiger partial charge on any atom is -0.493 e. The van der Waals surface area contributed by atoms with E-state index in [1.54, 1.807) is 14.2 Å². The van der Waals surface area contributed by atoms with Gasteiger partial charge in [-0.05, 0) is 48.7 Å². The average molecular weight is 331 g/mol. The van der Waals surface area contributed by atoms with Crippen LogP contribution in [-0.2, 0) is 0 Å². The van der Waals surface area contributed by atoms with Crippen LogP contribution in [0.1, 0.15) is 11.4 Å². The maximum atomic E-state index is 5.42. The Labute approximate surface area is 138 Å². The van der Waals surface area contributed by atoms with Crippen molar-refractivity contribution in [3.8, 4) is 17.4 Å². The van der Waals surface area contributed by atoms with Crippen LogP contribution in [0.5, 0.6) is 11.5 Å². The van der Waals surface area contributed by atoms with Crippen molar-refractivity contribution < 1.29 is 14.0 Å². The number of benzene rings is 1. The van der Waals surface area contributed by atoms with E-state index in [9.17, 15) is 0 Å².